The van der Waals surface area contributed by atoms with E-state index >= 15 is 0 Å². The van der Waals surface area contributed by atoms with E-state index in [1.165, 1.54) is 6.08 Å². The van der Waals surface area contributed by atoms with Crippen LogP contribution in [0.1, 0.15) is 24.5 Å². The fraction of sp³-hybridized carbons (Fsp3) is 0.357. The van der Waals surface area contributed by atoms with E-state index in [2.05, 4.69) is 0 Å². The van der Waals surface area contributed by atoms with Crippen LogP contribution >= 0.6 is 11.6 Å². The molecule has 0 bridgehead atoms. The highest BCUT2D eigenvalue weighted by molar-refractivity contribution is 6.32. The first-order valence-corrected chi connectivity index (χ1v) is 6.30. The van der Waals surface area contributed by atoms with Gasteiger partial charge in [-0.15, -0.1) is 0 Å². The lowest BCUT2D eigenvalue weighted by Crippen LogP contribution is -2.10. The van der Waals surface area contributed by atoms with Gasteiger partial charge < -0.3 is 9.47 Å². The van der Waals surface area contributed by atoms with E-state index in [0.717, 1.165) is 16.7 Å². The number of benzene rings is 1. The summed E-state index contributed by atoms with van der Waals surface area (Å²) in [7, 11) is 0. The van der Waals surface area contributed by atoms with Gasteiger partial charge in [0, 0.05) is 18.1 Å². The van der Waals surface area contributed by atoms with Crippen LogP contribution in [0.25, 0.3) is 5.57 Å². The molecule has 0 aliphatic carbocycles. The van der Waals surface area contributed by atoms with Crippen LogP contribution in [0.5, 0.6) is 5.75 Å². The molecule has 2 rings (SSSR count). The summed E-state index contributed by atoms with van der Waals surface area (Å²) in [6.07, 6.45) is 2.21. The van der Waals surface area contributed by atoms with E-state index in [9.17, 15) is 4.79 Å². The van der Waals surface area contributed by atoms with E-state index in [4.69, 9.17) is 21.1 Å². The second-order valence-electron chi connectivity index (χ2n) is 4.14. The average molecular weight is 267 g/mol. The van der Waals surface area contributed by atoms with Crippen LogP contribution in [0.3, 0.4) is 0 Å². The van der Waals surface area contributed by atoms with E-state index in [1.54, 1.807) is 6.92 Å². The molecule has 18 heavy (non-hydrogen) atoms. The number of hydrogen-bond acceptors (Lipinski definition) is 3. The molecule has 0 radical (unpaired) electrons. The average Bonchev–Trinajstić information content (AvgIpc) is 2.30. The van der Waals surface area contributed by atoms with Crippen molar-refractivity contribution in [3.8, 4) is 5.75 Å². The summed E-state index contributed by atoms with van der Waals surface area (Å²) in [5.41, 5.74) is 2.85. The van der Waals surface area contributed by atoms with E-state index < -0.39 is 0 Å². The SMILES string of the molecule is CCOC(=O)/C=C1/CCOc2c(Cl)cc(C)cc21. The van der Waals surface area contributed by atoms with Gasteiger partial charge in [0.05, 0.1) is 18.2 Å². The smallest absolute Gasteiger partial charge is 0.331 e. The molecule has 0 spiro atoms. The van der Waals surface area contributed by atoms with Gasteiger partial charge in [-0.25, -0.2) is 4.79 Å². The van der Waals surface area contributed by atoms with E-state index in [1.807, 2.05) is 19.1 Å². The van der Waals surface area contributed by atoms with Gasteiger partial charge in [-0.05, 0) is 37.1 Å². The molecule has 96 valence electrons. The lowest BCUT2D eigenvalue weighted by Gasteiger charge is -2.21. The third-order valence-corrected chi connectivity index (χ3v) is 3.01. The monoisotopic (exact) mass is 266 g/mol. The summed E-state index contributed by atoms with van der Waals surface area (Å²) in [5, 5.41) is 0.583. The molecule has 3 nitrogen and oxygen atoms in total. The summed E-state index contributed by atoms with van der Waals surface area (Å²) in [6, 6.07) is 3.83. The van der Waals surface area contributed by atoms with Crippen LogP contribution in [0.4, 0.5) is 0 Å². The number of carbonyl (C=O) groups is 1. The highest BCUT2D eigenvalue weighted by Gasteiger charge is 2.19. The zero-order valence-corrected chi connectivity index (χ0v) is 11.2. The molecule has 0 saturated carbocycles. The minimum absolute atomic E-state index is 0.321. The molecule has 0 aromatic heterocycles. The number of esters is 1. The molecule has 0 saturated heterocycles. The van der Waals surface area contributed by atoms with Crippen molar-refractivity contribution in [1.29, 1.82) is 0 Å². The normalized spacial score (nSPS) is 16.1. The van der Waals surface area contributed by atoms with Crippen LogP contribution in [0, 0.1) is 6.92 Å². The van der Waals surface area contributed by atoms with Crippen LogP contribution in [0.15, 0.2) is 18.2 Å². The van der Waals surface area contributed by atoms with Gasteiger partial charge in [-0.1, -0.05) is 11.6 Å². The summed E-state index contributed by atoms with van der Waals surface area (Å²) in [6.45, 7) is 4.65. The fourth-order valence-electron chi connectivity index (χ4n) is 1.99. The topological polar surface area (TPSA) is 35.5 Å². The molecule has 1 aromatic carbocycles. The van der Waals surface area contributed by atoms with Crippen molar-refractivity contribution in [1.82, 2.24) is 0 Å². The Morgan fingerprint density at radius 2 is 2.33 bits per heavy atom. The predicted molar refractivity (Wildman–Crippen MR) is 70.9 cm³/mol. The number of hydrogen-bond donors (Lipinski definition) is 0. The third kappa shape index (κ3) is 2.67. The van der Waals surface area contributed by atoms with Gasteiger partial charge in [0.1, 0.15) is 5.75 Å². The van der Waals surface area contributed by atoms with Gasteiger partial charge in [0.25, 0.3) is 0 Å². The quantitative estimate of drug-likeness (QED) is 0.608. The highest BCUT2D eigenvalue weighted by Crippen LogP contribution is 2.39. The molecule has 0 unspecified atom stereocenters. The molecule has 1 aromatic rings. The Morgan fingerprint density at radius 1 is 1.56 bits per heavy atom. The Kier molecular flexibility index (Phi) is 3.92. The van der Waals surface area contributed by atoms with Crippen LogP contribution in [-0.2, 0) is 9.53 Å². The first kappa shape index (κ1) is 13.0. The number of carbonyl (C=O) groups excluding carboxylic acids is 1. The molecule has 1 aliphatic rings. The molecular formula is C14H15ClO3. The third-order valence-electron chi connectivity index (χ3n) is 2.73. The zero-order chi connectivity index (χ0) is 13.1. The van der Waals surface area contributed by atoms with Gasteiger partial charge in [-0.2, -0.15) is 0 Å². The van der Waals surface area contributed by atoms with Crippen molar-refractivity contribution in [2.45, 2.75) is 20.3 Å². The van der Waals surface area contributed by atoms with Crippen molar-refractivity contribution >= 4 is 23.1 Å². The largest absolute Gasteiger partial charge is 0.491 e. The Labute approximate surface area is 111 Å². The standard InChI is InChI=1S/C14H15ClO3/c1-3-17-13(16)8-10-4-5-18-14-11(10)6-9(2)7-12(14)15/h6-8H,3-5H2,1-2H3/b10-8-. The summed E-state index contributed by atoms with van der Waals surface area (Å²) in [4.78, 5) is 11.5. The number of ether oxygens (including phenoxy) is 2. The fourth-order valence-corrected chi connectivity index (χ4v) is 2.32. The molecule has 0 atom stereocenters. The Bertz CT molecular complexity index is 506. The van der Waals surface area contributed by atoms with Crippen molar-refractivity contribution in [3.05, 3.63) is 34.4 Å². The van der Waals surface area contributed by atoms with Crippen LogP contribution in [-0.4, -0.2) is 19.2 Å². The Morgan fingerprint density at radius 3 is 3.06 bits per heavy atom. The predicted octanol–water partition coefficient (Wildman–Crippen LogP) is 3.38. The molecule has 0 amide bonds. The lowest BCUT2D eigenvalue weighted by molar-refractivity contribution is -0.137. The van der Waals surface area contributed by atoms with E-state index in [0.29, 0.717) is 30.4 Å². The van der Waals surface area contributed by atoms with Gasteiger partial charge in [0.15, 0.2) is 0 Å². The molecule has 0 N–H and O–H groups in total. The van der Waals surface area contributed by atoms with Crippen molar-refractivity contribution in [3.63, 3.8) is 0 Å². The van der Waals surface area contributed by atoms with Crippen LogP contribution in [0.2, 0.25) is 5.02 Å². The maximum atomic E-state index is 11.5. The number of halogens is 1. The zero-order valence-electron chi connectivity index (χ0n) is 10.5. The van der Waals surface area contributed by atoms with Crippen molar-refractivity contribution in [2.24, 2.45) is 0 Å². The summed E-state index contributed by atoms with van der Waals surface area (Å²) >= 11 is 6.14. The van der Waals surface area contributed by atoms with Gasteiger partial charge in [-0.3, -0.25) is 0 Å². The molecule has 0 fully saturated rings. The van der Waals surface area contributed by atoms with Gasteiger partial charge >= 0.3 is 5.97 Å². The van der Waals surface area contributed by atoms with Crippen LogP contribution < -0.4 is 4.74 Å². The summed E-state index contributed by atoms with van der Waals surface area (Å²) < 4.78 is 10.5. The maximum Gasteiger partial charge on any atom is 0.331 e. The number of aryl methyl sites for hydroxylation is 1. The lowest BCUT2D eigenvalue weighted by atomic mass is 9.97. The Balaban J connectivity index is 2.41. The minimum atomic E-state index is -0.321. The molecule has 1 heterocycles. The molecule has 4 heteroatoms. The molecular weight excluding hydrogens is 252 g/mol. The Hall–Kier alpha value is -1.48. The first-order valence-electron chi connectivity index (χ1n) is 5.92. The second-order valence-corrected chi connectivity index (χ2v) is 4.55. The second kappa shape index (κ2) is 5.44. The maximum absolute atomic E-state index is 11.5. The summed E-state index contributed by atoms with van der Waals surface area (Å²) in [5.74, 6) is 0.335. The molecule has 1 aliphatic heterocycles. The highest BCUT2D eigenvalue weighted by atomic mass is 35.5. The van der Waals surface area contributed by atoms with E-state index in [-0.39, 0.29) is 5.97 Å². The van der Waals surface area contributed by atoms with Crippen molar-refractivity contribution in [2.75, 3.05) is 13.2 Å². The van der Waals surface area contributed by atoms with Gasteiger partial charge in [0.2, 0.25) is 0 Å². The number of rotatable bonds is 2. The number of fused-ring (bicyclic) bond motifs is 1. The van der Waals surface area contributed by atoms with Crippen molar-refractivity contribution < 1.29 is 14.3 Å². The first-order chi connectivity index (χ1) is 8.61. The minimum Gasteiger partial charge on any atom is -0.491 e.